The molecule has 0 amide bonds. The van der Waals surface area contributed by atoms with Crippen molar-refractivity contribution < 1.29 is 9.90 Å². The van der Waals surface area contributed by atoms with Gasteiger partial charge in [0.15, 0.2) is 0 Å². The van der Waals surface area contributed by atoms with Gasteiger partial charge in [-0.05, 0) is 31.9 Å². The topological polar surface area (TPSA) is 58.4 Å². The van der Waals surface area contributed by atoms with E-state index in [1.807, 2.05) is 36.0 Å². The monoisotopic (exact) mass is 313 g/mol. The normalized spacial score (nSPS) is 22.1. The molecule has 2 atom stereocenters. The third-order valence-electron chi connectivity index (χ3n) is 4.70. The zero-order valence-corrected chi connectivity index (χ0v) is 13.4. The molecule has 3 rings (SSSR count). The summed E-state index contributed by atoms with van der Waals surface area (Å²) >= 11 is 0. The van der Waals surface area contributed by atoms with E-state index in [-0.39, 0.29) is 12.0 Å². The van der Waals surface area contributed by atoms with Crippen molar-refractivity contribution in [1.82, 2.24) is 14.7 Å². The van der Waals surface area contributed by atoms with Gasteiger partial charge in [0, 0.05) is 24.3 Å². The molecular formula is C18H23N3O2. The molecule has 1 aliphatic rings. The van der Waals surface area contributed by atoms with Crippen LogP contribution in [-0.4, -0.2) is 38.3 Å². The van der Waals surface area contributed by atoms with Crippen molar-refractivity contribution in [3.05, 3.63) is 53.9 Å². The average Bonchev–Trinajstić information content (AvgIpc) is 2.97. The van der Waals surface area contributed by atoms with Crippen molar-refractivity contribution in [2.45, 2.75) is 38.9 Å². The summed E-state index contributed by atoms with van der Waals surface area (Å²) in [5, 5.41) is 13.7. The van der Waals surface area contributed by atoms with Gasteiger partial charge in [-0.25, -0.2) is 0 Å². The Morgan fingerprint density at radius 3 is 2.78 bits per heavy atom. The Hall–Kier alpha value is -2.14. The first-order valence-corrected chi connectivity index (χ1v) is 8.15. The van der Waals surface area contributed by atoms with Crippen LogP contribution < -0.4 is 0 Å². The molecule has 0 radical (unpaired) electrons. The maximum absolute atomic E-state index is 11.3. The average molecular weight is 313 g/mol. The standard InChI is InChI=1S/C18H23N3O2/c1-14-17(18(22)23)8-5-9-20(14)11-16-10-19-21(13-16)12-15-6-3-2-4-7-15/h2-4,6-7,10,13-14,17H,5,8-9,11-12H2,1H3,(H,22,23)/t14-,17-/m1/s1. The molecule has 0 saturated carbocycles. The van der Waals surface area contributed by atoms with Crippen LogP contribution in [0.4, 0.5) is 0 Å². The van der Waals surface area contributed by atoms with Crippen LogP contribution in [0.15, 0.2) is 42.7 Å². The van der Waals surface area contributed by atoms with Crippen molar-refractivity contribution in [2.75, 3.05) is 6.54 Å². The predicted molar refractivity (Wildman–Crippen MR) is 88.0 cm³/mol. The molecule has 1 saturated heterocycles. The lowest BCUT2D eigenvalue weighted by Gasteiger charge is -2.37. The lowest BCUT2D eigenvalue weighted by Crippen LogP contribution is -2.45. The molecule has 1 aliphatic heterocycles. The van der Waals surface area contributed by atoms with E-state index in [2.05, 4.69) is 28.3 Å². The molecule has 2 heterocycles. The minimum atomic E-state index is -0.679. The minimum absolute atomic E-state index is 0.0683. The van der Waals surface area contributed by atoms with Crippen LogP contribution in [0.2, 0.25) is 0 Å². The number of likely N-dealkylation sites (tertiary alicyclic amines) is 1. The SMILES string of the molecule is C[C@@H]1[C@H](C(=O)O)CCCN1Cc1cnn(Cc2ccccc2)c1. The van der Waals surface area contributed by atoms with Crippen molar-refractivity contribution >= 4 is 5.97 Å². The highest BCUT2D eigenvalue weighted by Gasteiger charge is 2.32. The molecule has 1 aromatic carbocycles. The second kappa shape index (κ2) is 6.96. The predicted octanol–water partition coefficient (Wildman–Crippen LogP) is 2.62. The van der Waals surface area contributed by atoms with E-state index < -0.39 is 5.97 Å². The van der Waals surface area contributed by atoms with E-state index in [0.717, 1.165) is 38.0 Å². The van der Waals surface area contributed by atoms with Gasteiger partial charge in [-0.2, -0.15) is 5.10 Å². The molecule has 0 aliphatic carbocycles. The summed E-state index contributed by atoms with van der Waals surface area (Å²) in [5.41, 5.74) is 2.36. The van der Waals surface area contributed by atoms with E-state index in [1.165, 1.54) is 5.56 Å². The van der Waals surface area contributed by atoms with Gasteiger partial charge < -0.3 is 5.11 Å². The van der Waals surface area contributed by atoms with E-state index in [9.17, 15) is 9.90 Å². The summed E-state index contributed by atoms with van der Waals surface area (Å²) < 4.78 is 1.94. The van der Waals surface area contributed by atoms with E-state index in [1.54, 1.807) is 0 Å². The number of aliphatic carboxylic acids is 1. The zero-order chi connectivity index (χ0) is 16.2. The fraction of sp³-hybridized carbons (Fsp3) is 0.444. The molecule has 23 heavy (non-hydrogen) atoms. The largest absolute Gasteiger partial charge is 0.481 e. The fourth-order valence-electron chi connectivity index (χ4n) is 3.35. The number of carbonyl (C=O) groups is 1. The summed E-state index contributed by atoms with van der Waals surface area (Å²) in [6.07, 6.45) is 5.67. The highest BCUT2D eigenvalue weighted by molar-refractivity contribution is 5.70. The Morgan fingerprint density at radius 1 is 1.26 bits per heavy atom. The van der Waals surface area contributed by atoms with Gasteiger partial charge in [0.2, 0.25) is 0 Å². The minimum Gasteiger partial charge on any atom is -0.481 e. The van der Waals surface area contributed by atoms with Gasteiger partial charge in [0.25, 0.3) is 0 Å². The van der Waals surface area contributed by atoms with Crippen LogP contribution in [0.1, 0.15) is 30.9 Å². The number of hydrogen-bond donors (Lipinski definition) is 1. The van der Waals surface area contributed by atoms with Gasteiger partial charge in [-0.15, -0.1) is 0 Å². The fourth-order valence-corrected chi connectivity index (χ4v) is 3.35. The zero-order valence-electron chi connectivity index (χ0n) is 13.4. The second-order valence-electron chi connectivity index (χ2n) is 6.33. The molecule has 1 aromatic heterocycles. The van der Waals surface area contributed by atoms with Crippen LogP contribution in [0.25, 0.3) is 0 Å². The number of carboxylic acids is 1. The van der Waals surface area contributed by atoms with Crippen LogP contribution in [0.3, 0.4) is 0 Å². The van der Waals surface area contributed by atoms with E-state index >= 15 is 0 Å². The smallest absolute Gasteiger partial charge is 0.308 e. The van der Waals surface area contributed by atoms with Gasteiger partial charge >= 0.3 is 5.97 Å². The molecule has 2 aromatic rings. The molecule has 1 fully saturated rings. The van der Waals surface area contributed by atoms with Crippen LogP contribution in [0, 0.1) is 5.92 Å². The maximum atomic E-state index is 11.3. The van der Waals surface area contributed by atoms with Crippen LogP contribution in [-0.2, 0) is 17.9 Å². The number of hydrogen-bond acceptors (Lipinski definition) is 3. The highest BCUT2D eigenvalue weighted by Crippen LogP contribution is 2.25. The number of nitrogens with zero attached hydrogens (tertiary/aromatic N) is 3. The number of benzene rings is 1. The summed E-state index contributed by atoms with van der Waals surface area (Å²) in [6, 6.07) is 10.3. The van der Waals surface area contributed by atoms with Gasteiger partial charge in [-0.3, -0.25) is 14.4 Å². The Balaban J connectivity index is 1.63. The molecule has 1 N–H and O–H groups in total. The van der Waals surface area contributed by atoms with Gasteiger partial charge in [0.1, 0.15) is 0 Å². The highest BCUT2D eigenvalue weighted by atomic mass is 16.4. The first-order chi connectivity index (χ1) is 11.1. The maximum Gasteiger partial charge on any atom is 0.308 e. The lowest BCUT2D eigenvalue weighted by atomic mass is 9.90. The van der Waals surface area contributed by atoms with Crippen LogP contribution in [0.5, 0.6) is 0 Å². The third kappa shape index (κ3) is 3.79. The quantitative estimate of drug-likeness (QED) is 0.922. The number of rotatable bonds is 5. The molecule has 0 bridgehead atoms. The van der Waals surface area contributed by atoms with Crippen molar-refractivity contribution in [3.63, 3.8) is 0 Å². The van der Waals surface area contributed by atoms with Gasteiger partial charge in [-0.1, -0.05) is 30.3 Å². The van der Waals surface area contributed by atoms with Crippen molar-refractivity contribution in [2.24, 2.45) is 5.92 Å². The van der Waals surface area contributed by atoms with Crippen molar-refractivity contribution in [1.29, 1.82) is 0 Å². The molecule has 5 heteroatoms. The summed E-state index contributed by atoms with van der Waals surface area (Å²) in [6.45, 7) is 4.50. The molecule has 122 valence electrons. The van der Waals surface area contributed by atoms with Crippen molar-refractivity contribution in [3.8, 4) is 0 Å². The number of aromatic nitrogens is 2. The molecule has 0 unspecified atom stereocenters. The lowest BCUT2D eigenvalue weighted by molar-refractivity contribution is -0.145. The molecule has 5 nitrogen and oxygen atoms in total. The van der Waals surface area contributed by atoms with Crippen LogP contribution >= 0.6 is 0 Å². The summed E-state index contributed by atoms with van der Waals surface area (Å²) in [4.78, 5) is 13.6. The Bertz CT molecular complexity index is 653. The third-order valence-corrected chi connectivity index (χ3v) is 4.70. The number of piperidine rings is 1. The Labute approximate surface area is 136 Å². The Morgan fingerprint density at radius 2 is 2.04 bits per heavy atom. The Kier molecular flexibility index (Phi) is 4.76. The first-order valence-electron chi connectivity index (χ1n) is 8.15. The van der Waals surface area contributed by atoms with E-state index in [0.29, 0.717) is 0 Å². The molecular weight excluding hydrogens is 290 g/mol. The van der Waals surface area contributed by atoms with Gasteiger partial charge in [0.05, 0.1) is 18.7 Å². The number of carboxylic acid groups (broad SMARTS) is 1. The van der Waals surface area contributed by atoms with E-state index in [4.69, 9.17) is 0 Å². The summed E-state index contributed by atoms with van der Waals surface area (Å²) in [7, 11) is 0. The molecule has 0 spiro atoms. The summed E-state index contributed by atoms with van der Waals surface area (Å²) in [5.74, 6) is -0.940. The first kappa shape index (κ1) is 15.7. The second-order valence-corrected chi connectivity index (χ2v) is 6.33.